The van der Waals surface area contributed by atoms with Crippen molar-refractivity contribution in [2.45, 2.75) is 84.5 Å². The zero-order valence-electron chi connectivity index (χ0n) is 18.8. The van der Waals surface area contributed by atoms with E-state index < -0.39 is 11.6 Å². The molecule has 5 unspecified atom stereocenters. The van der Waals surface area contributed by atoms with Gasteiger partial charge in [-0.1, -0.05) is 38.3 Å². The van der Waals surface area contributed by atoms with E-state index in [2.05, 4.69) is 6.92 Å². The third-order valence-corrected chi connectivity index (χ3v) is 8.30. The van der Waals surface area contributed by atoms with Crippen LogP contribution in [-0.2, 0) is 12.8 Å². The van der Waals surface area contributed by atoms with E-state index in [0.29, 0.717) is 11.5 Å². The van der Waals surface area contributed by atoms with E-state index in [4.69, 9.17) is 4.74 Å². The van der Waals surface area contributed by atoms with E-state index in [9.17, 15) is 8.78 Å². The number of rotatable bonds is 6. The quantitative estimate of drug-likeness (QED) is 0.433. The van der Waals surface area contributed by atoms with Gasteiger partial charge in [-0.05, 0) is 105 Å². The Morgan fingerprint density at radius 1 is 1.00 bits per heavy atom. The molecule has 0 spiro atoms. The van der Waals surface area contributed by atoms with E-state index in [1.807, 2.05) is 13.0 Å². The molecule has 0 saturated heterocycles. The van der Waals surface area contributed by atoms with Crippen LogP contribution in [0.4, 0.5) is 8.78 Å². The third-order valence-electron chi connectivity index (χ3n) is 8.30. The second-order valence-corrected chi connectivity index (χ2v) is 10.1. The molecular formula is C27H38F2O. The number of ether oxygens (including phenoxy) is 1. The van der Waals surface area contributed by atoms with Crippen LogP contribution < -0.4 is 4.74 Å². The minimum absolute atomic E-state index is 0.199. The van der Waals surface area contributed by atoms with Crippen molar-refractivity contribution in [3.05, 3.63) is 41.0 Å². The highest BCUT2D eigenvalue weighted by atomic mass is 19.1. The second-order valence-electron chi connectivity index (χ2n) is 10.1. The molecule has 166 valence electrons. The fraction of sp³-hybridized carbons (Fsp3) is 0.704. The summed E-state index contributed by atoms with van der Waals surface area (Å²) in [5.74, 6) is 2.90. The van der Waals surface area contributed by atoms with Crippen LogP contribution in [0.3, 0.4) is 0 Å². The van der Waals surface area contributed by atoms with Crippen molar-refractivity contribution in [2.75, 3.05) is 6.61 Å². The Bertz CT molecular complexity index is 756. The summed E-state index contributed by atoms with van der Waals surface area (Å²) in [6.07, 6.45) is 17.2. The normalized spacial score (nSPS) is 31.4. The standard InChI is InChI=1S/C27H38F2O/c1-3-5-13-30-27-25(28)17-23-16-22(11-12-24(23)26(27)29)21-10-9-19-14-18(6-4-2)7-8-20(19)15-21/h3,5,17-22H,4,6-16H2,1-2H3/b5-3+. The molecule has 0 N–H and O–H groups in total. The number of hydrogen-bond acceptors (Lipinski definition) is 1. The van der Waals surface area contributed by atoms with Crippen molar-refractivity contribution in [1.29, 1.82) is 0 Å². The molecule has 1 aromatic rings. The lowest BCUT2D eigenvalue weighted by molar-refractivity contribution is 0.0693. The van der Waals surface area contributed by atoms with E-state index >= 15 is 0 Å². The molecule has 4 rings (SSSR count). The first-order valence-electron chi connectivity index (χ1n) is 12.3. The smallest absolute Gasteiger partial charge is 0.191 e. The summed E-state index contributed by atoms with van der Waals surface area (Å²) in [5.41, 5.74) is 1.57. The van der Waals surface area contributed by atoms with Gasteiger partial charge in [-0.2, -0.15) is 0 Å². The summed E-state index contributed by atoms with van der Waals surface area (Å²) < 4.78 is 34.9. The Kier molecular flexibility index (Phi) is 7.16. The topological polar surface area (TPSA) is 9.23 Å². The summed E-state index contributed by atoms with van der Waals surface area (Å²) in [7, 11) is 0. The molecule has 30 heavy (non-hydrogen) atoms. The van der Waals surface area contributed by atoms with Crippen LogP contribution in [0, 0.1) is 41.2 Å². The van der Waals surface area contributed by atoms with Crippen molar-refractivity contribution in [2.24, 2.45) is 29.6 Å². The van der Waals surface area contributed by atoms with E-state index in [1.54, 1.807) is 12.1 Å². The molecule has 0 radical (unpaired) electrons. The lowest BCUT2D eigenvalue weighted by Crippen LogP contribution is -2.35. The molecule has 0 heterocycles. The molecule has 1 aromatic carbocycles. The van der Waals surface area contributed by atoms with Gasteiger partial charge in [-0.25, -0.2) is 8.78 Å². The Morgan fingerprint density at radius 2 is 1.73 bits per heavy atom. The second kappa shape index (κ2) is 9.83. The highest BCUT2D eigenvalue weighted by molar-refractivity contribution is 5.41. The number of halogens is 2. The summed E-state index contributed by atoms with van der Waals surface area (Å²) in [6.45, 7) is 4.38. The van der Waals surface area contributed by atoms with Gasteiger partial charge in [0.15, 0.2) is 17.4 Å². The lowest BCUT2D eigenvalue weighted by Gasteiger charge is -2.45. The number of hydrogen-bond donors (Lipinski definition) is 0. The Morgan fingerprint density at radius 3 is 2.50 bits per heavy atom. The summed E-state index contributed by atoms with van der Waals surface area (Å²) in [6, 6.07) is 1.55. The first kappa shape index (κ1) is 21.8. The van der Waals surface area contributed by atoms with E-state index in [1.165, 1.54) is 51.4 Å². The van der Waals surface area contributed by atoms with Crippen molar-refractivity contribution in [3.63, 3.8) is 0 Å². The van der Waals surface area contributed by atoms with Gasteiger partial charge in [0.25, 0.3) is 0 Å². The van der Waals surface area contributed by atoms with Crippen molar-refractivity contribution >= 4 is 0 Å². The lowest BCUT2D eigenvalue weighted by atomic mass is 9.61. The number of fused-ring (bicyclic) bond motifs is 2. The first-order chi connectivity index (χ1) is 14.6. The SMILES string of the molecule is C/C=C/COc1c(F)cc2c(c1F)CCC(C1CCC3CC(CCC)CCC3C1)C2. The van der Waals surface area contributed by atoms with Crippen LogP contribution in [0.15, 0.2) is 18.2 Å². The Balaban J connectivity index is 1.40. The van der Waals surface area contributed by atoms with Gasteiger partial charge in [-0.15, -0.1) is 0 Å². The van der Waals surface area contributed by atoms with Crippen LogP contribution in [0.2, 0.25) is 0 Å². The van der Waals surface area contributed by atoms with Gasteiger partial charge in [0.05, 0.1) is 0 Å². The van der Waals surface area contributed by atoms with Gasteiger partial charge in [-0.3, -0.25) is 0 Å². The van der Waals surface area contributed by atoms with Crippen LogP contribution in [0.1, 0.15) is 82.8 Å². The number of allylic oxidation sites excluding steroid dienone is 1. The van der Waals surface area contributed by atoms with E-state index in [0.717, 1.165) is 48.5 Å². The molecule has 3 aliphatic rings. The van der Waals surface area contributed by atoms with Crippen LogP contribution in [-0.4, -0.2) is 6.61 Å². The highest BCUT2D eigenvalue weighted by Crippen LogP contribution is 2.49. The van der Waals surface area contributed by atoms with Crippen molar-refractivity contribution in [1.82, 2.24) is 0 Å². The Labute approximate surface area is 181 Å². The zero-order valence-corrected chi connectivity index (χ0v) is 18.8. The zero-order chi connectivity index (χ0) is 21.1. The first-order valence-corrected chi connectivity index (χ1v) is 12.3. The molecule has 1 nitrogen and oxygen atoms in total. The average molecular weight is 417 g/mol. The van der Waals surface area contributed by atoms with Gasteiger partial charge >= 0.3 is 0 Å². The molecule has 2 saturated carbocycles. The minimum Gasteiger partial charge on any atom is -0.483 e. The predicted molar refractivity (Wildman–Crippen MR) is 119 cm³/mol. The minimum atomic E-state index is -0.547. The molecule has 3 heteroatoms. The van der Waals surface area contributed by atoms with E-state index in [-0.39, 0.29) is 12.4 Å². The monoisotopic (exact) mass is 416 g/mol. The third kappa shape index (κ3) is 4.60. The van der Waals surface area contributed by atoms with Crippen LogP contribution in [0.5, 0.6) is 5.75 Å². The average Bonchev–Trinajstić information content (AvgIpc) is 2.75. The fourth-order valence-electron chi connectivity index (χ4n) is 6.74. The van der Waals surface area contributed by atoms with Crippen molar-refractivity contribution in [3.8, 4) is 5.75 Å². The summed E-state index contributed by atoms with van der Waals surface area (Å²) in [5, 5.41) is 0. The maximum absolute atomic E-state index is 14.9. The molecule has 0 aromatic heterocycles. The predicted octanol–water partition coefficient (Wildman–Crippen LogP) is 7.66. The van der Waals surface area contributed by atoms with Gasteiger partial charge in [0.1, 0.15) is 6.61 Å². The summed E-state index contributed by atoms with van der Waals surface area (Å²) >= 11 is 0. The highest BCUT2D eigenvalue weighted by Gasteiger charge is 2.39. The fourth-order valence-corrected chi connectivity index (χ4v) is 6.74. The summed E-state index contributed by atoms with van der Waals surface area (Å²) in [4.78, 5) is 0. The largest absolute Gasteiger partial charge is 0.483 e. The van der Waals surface area contributed by atoms with Crippen LogP contribution >= 0.6 is 0 Å². The molecule has 3 aliphatic carbocycles. The molecule has 2 fully saturated rings. The maximum Gasteiger partial charge on any atom is 0.191 e. The van der Waals surface area contributed by atoms with Gasteiger partial charge in [0.2, 0.25) is 0 Å². The molecule has 0 aliphatic heterocycles. The molecular weight excluding hydrogens is 378 g/mol. The molecule has 0 bridgehead atoms. The van der Waals surface area contributed by atoms with Crippen LogP contribution in [0.25, 0.3) is 0 Å². The number of benzene rings is 1. The molecule has 0 amide bonds. The van der Waals surface area contributed by atoms with Crippen molar-refractivity contribution < 1.29 is 13.5 Å². The maximum atomic E-state index is 14.9. The van der Waals surface area contributed by atoms with Gasteiger partial charge in [0, 0.05) is 0 Å². The Hall–Kier alpha value is -1.38. The molecule has 5 atom stereocenters. The van der Waals surface area contributed by atoms with Gasteiger partial charge < -0.3 is 4.74 Å².